The highest BCUT2D eigenvalue weighted by molar-refractivity contribution is 5.94. The molecule has 2 bridgehead atoms. The highest BCUT2D eigenvalue weighted by Gasteiger charge is 2.73. The van der Waals surface area contributed by atoms with Crippen LogP contribution < -0.4 is 0 Å². The second-order valence-electron chi connectivity index (χ2n) is 12.2. The standard InChI is InChI=1S/C30H40O9/c1-16-13-14-30(36)25(38-26(35)18-11-9-8-10-12-18)23-28(5,24(34)22(33)21(16)27(30,3)4)19(32)15-20(37-7)29(23,6)39-17(2)31/h8-12,19-20,22-23,25,32-33,36H,13-15H2,1-7H3/t19-,20+,22+,23?,25-,28+,29-,30+/m0/s1. The van der Waals surface area contributed by atoms with Crippen molar-refractivity contribution in [1.82, 2.24) is 0 Å². The van der Waals surface area contributed by atoms with Crippen LogP contribution in [0.25, 0.3) is 0 Å². The smallest absolute Gasteiger partial charge is 0.338 e. The topological polar surface area (TPSA) is 140 Å². The Hall–Kier alpha value is -2.59. The van der Waals surface area contributed by atoms with Crippen LogP contribution in [0.5, 0.6) is 0 Å². The second kappa shape index (κ2) is 9.80. The van der Waals surface area contributed by atoms with Crippen LogP contribution in [0, 0.1) is 16.7 Å². The van der Waals surface area contributed by atoms with E-state index in [0.717, 1.165) is 5.57 Å². The molecule has 3 N–H and O–H groups in total. The maximum absolute atomic E-state index is 14.3. The molecule has 2 fully saturated rings. The molecule has 8 atom stereocenters. The zero-order valence-electron chi connectivity index (χ0n) is 23.7. The lowest BCUT2D eigenvalue weighted by Crippen LogP contribution is -2.76. The summed E-state index contributed by atoms with van der Waals surface area (Å²) in [6.45, 7) is 9.50. The molecule has 1 unspecified atom stereocenters. The summed E-state index contributed by atoms with van der Waals surface area (Å²) in [4.78, 5) is 40.4. The number of aliphatic hydroxyl groups excluding tert-OH is 2. The van der Waals surface area contributed by atoms with E-state index >= 15 is 0 Å². The first kappa shape index (κ1) is 29.4. The fourth-order valence-electron chi connectivity index (χ4n) is 7.68. The van der Waals surface area contributed by atoms with Crippen molar-refractivity contribution in [2.45, 2.75) is 96.4 Å². The number of fused-ring (bicyclic) bond motifs is 3. The summed E-state index contributed by atoms with van der Waals surface area (Å²) in [6.07, 6.45) is -4.98. The number of carbonyl (C=O) groups is 3. The van der Waals surface area contributed by atoms with E-state index in [1.165, 1.54) is 21.0 Å². The number of esters is 2. The summed E-state index contributed by atoms with van der Waals surface area (Å²) < 4.78 is 17.8. The van der Waals surface area contributed by atoms with Gasteiger partial charge >= 0.3 is 11.9 Å². The van der Waals surface area contributed by atoms with Crippen molar-refractivity contribution in [3.05, 3.63) is 47.0 Å². The van der Waals surface area contributed by atoms with E-state index in [4.69, 9.17) is 14.2 Å². The number of carbonyl (C=O) groups excluding carboxylic acids is 3. The summed E-state index contributed by atoms with van der Waals surface area (Å²) in [5.41, 5.74) is -5.17. The maximum atomic E-state index is 14.3. The molecule has 39 heavy (non-hydrogen) atoms. The number of aliphatic hydroxyl groups is 3. The number of allylic oxidation sites excluding steroid dienone is 1. The number of methoxy groups -OCH3 is 1. The number of Topliss-reactive ketones (excluding diaryl/α,β-unsaturated/α-hetero) is 1. The minimum absolute atomic E-state index is 0.0923. The summed E-state index contributed by atoms with van der Waals surface area (Å²) in [6, 6.07) is 8.25. The largest absolute Gasteiger partial charge is 0.456 e. The lowest BCUT2D eigenvalue weighted by molar-refractivity contribution is -0.279. The van der Waals surface area contributed by atoms with Gasteiger partial charge in [-0.3, -0.25) is 9.59 Å². The molecule has 2 saturated carbocycles. The van der Waals surface area contributed by atoms with E-state index in [1.54, 1.807) is 58.0 Å². The quantitative estimate of drug-likeness (QED) is 0.386. The van der Waals surface area contributed by atoms with Gasteiger partial charge in [-0.25, -0.2) is 4.79 Å². The molecule has 4 rings (SSSR count). The van der Waals surface area contributed by atoms with Crippen molar-refractivity contribution in [1.29, 1.82) is 0 Å². The number of ether oxygens (including phenoxy) is 3. The van der Waals surface area contributed by atoms with Gasteiger partial charge in [0.1, 0.15) is 23.4 Å². The Morgan fingerprint density at radius 2 is 1.67 bits per heavy atom. The minimum Gasteiger partial charge on any atom is -0.456 e. The molecule has 214 valence electrons. The van der Waals surface area contributed by atoms with Crippen LogP contribution in [0.2, 0.25) is 0 Å². The Labute approximate surface area is 229 Å². The number of hydrogen-bond donors (Lipinski definition) is 3. The van der Waals surface area contributed by atoms with Crippen LogP contribution in [-0.2, 0) is 23.8 Å². The van der Waals surface area contributed by atoms with Crippen molar-refractivity contribution in [2.24, 2.45) is 16.7 Å². The summed E-state index contributed by atoms with van der Waals surface area (Å²) >= 11 is 0. The number of ketones is 1. The van der Waals surface area contributed by atoms with Crippen LogP contribution in [-0.4, -0.2) is 75.8 Å². The lowest BCUT2D eigenvalue weighted by atomic mass is 9.45. The van der Waals surface area contributed by atoms with Crippen LogP contribution >= 0.6 is 0 Å². The zero-order valence-corrected chi connectivity index (χ0v) is 23.7. The van der Waals surface area contributed by atoms with Crippen LogP contribution in [0.3, 0.4) is 0 Å². The van der Waals surface area contributed by atoms with Gasteiger partial charge in [-0.15, -0.1) is 0 Å². The van der Waals surface area contributed by atoms with Crippen LogP contribution in [0.4, 0.5) is 0 Å². The average Bonchev–Trinajstić information content (AvgIpc) is 2.86. The van der Waals surface area contributed by atoms with Gasteiger partial charge in [0.05, 0.1) is 29.1 Å². The molecule has 1 aromatic carbocycles. The van der Waals surface area contributed by atoms with Crippen molar-refractivity contribution in [3.8, 4) is 0 Å². The third kappa shape index (κ3) is 4.17. The highest BCUT2D eigenvalue weighted by Crippen LogP contribution is 2.62. The molecule has 0 heterocycles. The number of hydrogen-bond acceptors (Lipinski definition) is 9. The first-order chi connectivity index (χ1) is 18.1. The van der Waals surface area contributed by atoms with Crippen LogP contribution in [0.15, 0.2) is 41.5 Å². The highest BCUT2D eigenvalue weighted by atomic mass is 16.6. The lowest BCUT2D eigenvalue weighted by Gasteiger charge is -2.64. The molecule has 3 aliphatic carbocycles. The van der Waals surface area contributed by atoms with E-state index < -0.39 is 70.1 Å². The molecular weight excluding hydrogens is 504 g/mol. The van der Waals surface area contributed by atoms with Crippen molar-refractivity contribution < 1.29 is 43.9 Å². The van der Waals surface area contributed by atoms with Crippen molar-refractivity contribution >= 4 is 17.7 Å². The van der Waals surface area contributed by atoms with Crippen molar-refractivity contribution in [2.75, 3.05) is 7.11 Å². The van der Waals surface area contributed by atoms with Gasteiger partial charge in [-0.1, -0.05) is 37.6 Å². The molecule has 0 aliphatic heterocycles. The second-order valence-corrected chi connectivity index (χ2v) is 12.2. The van der Waals surface area contributed by atoms with Gasteiger partial charge in [-0.2, -0.15) is 0 Å². The Morgan fingerprint density at radius 3 is 2.23 bits per heavy atom. The maximum Gasteiger partial charge on any atom is 0.338 e. The summed E-state index contributed by atoms with van der Waals surface area (Å²) in [5.74, 6) is -3.40. The summed E-state index contributed by atoms with van der Waals surface area (Å²) in [7, 11) is 1.40. The minimum atomic E-state index is -1.82. The van der Waals surface area contributed by atoms with Gasteiger partial charge in [-0.05, 0) is 51.3 Å². The van der Waals surface area contributed by atoms with Gasteiger partial charge in [0.2, 0.25) is 0 Å². The first-order valence-corrected chi connectivity index (χ1v) is 13.4. The number of benzene rings is 1. The average molecular weight is 545 g/mol. The predicted molar refractivity (Wildman–Crippen MR) is 141 cm³/mol. The van der Waals surface area contributed by atoms with Crippen molar-refractivity contribution in [3.63, 3.8) is 0 Å². The van der Waals surface area contributed by atoms with E-state index in [2.05, 4.69) is 0 Å². The normalized spacial score (nSPS) is 39.7. The Morgan fingerprint density at radius 1 is 1.05 bits per heavy atom. The zero-order chi connectivity index (χ0) is 29.1. The predicted octanol–water partition coefficient (Wildman–Crippen LogP) is 2.75. The van der Waals surface area contributed by atoms with Gasteiger partial charge in [0.25, 0.3) is 0 Å². The Kier molecular flexibility index (Phi) is 7.39. The van der Waals surface area contributed by atoms with Gasteiger partial charge in [0.15, 0.2) is 5.78 Å². The molecule has 9 nitrogen and oxygen atoms in total. The third-order valence-electron chi connectivity index (χ3n) is 9.85. The SMILES string of the molecule is CO[C@@H]1C[C@H](O)[C@@]2(C)C(=O)[C@H](O)C3=C(C)CC[C@@](O)([C@@H](OC(=O)c4ccccc4)C2[C@@]1(C)OC(C)=O)C3(C)C. The molecule has 0 aromatic heterocycles. The van der Waals surface area contributed by atoms with Crippen LogP contribution in [0.1, 0.15) is 71.2 Å². The molecule has 0 radical (unpaired) electrons. The molecule has 3 aliphatic rings. The molecule has 0 saturated heterocycles. The van der Waals surface area contributed by atoms with E-state index in [9.17, 15) is 29.7 Å². The monoisotopic (exact) mass is 544 g/mol. The molecule has 9 heteroatoms. The fraction of sp³-hybridized carbons (Fsp3) is 0.633. The van der Waals surface area contributed by atoms with Gasteiger partial charge < -0.3 is 29.5 Å². The van der Waals surface area contributed by atoms with E-state index in [1.807, 2.05) is 0 Å². The molecular formula is C30H40O9. The molecule has 1 aromatic rings. The Balaban J connectivity index is 2.07. The molecule has 0 amide bonds. The first-order valence-electron chi connectivity index (χ1n) is 13.4. The Bertz CT molecular complexity index is 1190. The van der Waals surface area contributed by atoms with Gasteiger partial charge in [0, 0.05) is 25.9 Å². The number of rotatable bonds is 4. The molecule has 0 spiro atoms. The van der Waals surface area contributed by atoms with E-state index in [-0.39, 0.29) is 18.4 Å². The third-order valence-corrected chi connectivity index (χ3v) is 9.85. The summed E-state index contributed by atoms with van der Waals surface area (Å²) in [5, 5.41) is 35.8. The fourth-order valence-corrected chi connectivity index (χ4v) is 7.68. The van der Waals surface area contributed by atoms with E-state index in [0.29, 0.717) is 12.0 Å².